The molecule has 0 atom stereocenters. The molecule has 6 nitrogen and oxygen atoms in total. The Bertz CT molecular complexity index is 118. The third kappa shape index (κ3) is 249. The first-order chi connectivity index (χ1) is 3.73. The minimum absolute atomic E-state index is 0. The van der Waals surface area contributed by atoms with Gasteiger partial charge in [-0.25, -0.2) is 0 Å². The average Bonchev–Trinajstić information content (AvgIpc) is 1.19. The van der Waals surface area contributed by atoms with Crippen molar-refractivity contribution in [2.75, 3.05) is 0 Å². The van der Waals surface area contributed by atoms with Crippen LogP contribution in [-0.2, 0) is 9.36 Å². The summed E-state index contributed by atoms with van der Waals surface area (Å²) in [5.74, 6) is -1.08. The van der Waals surface area contributed by atoms with Crippen LogP contribution in [0, 0.1) is 81.7 Å². The maximum atomic E-state index is 8.89. The van der Waals surface area contributed by atoms with Crippen molar-refractivity contribution in [2.24, 2.45) is 0 Å². The van der Waals surface area contributed by atoms with E-state index in [4.69, 9.17) is 29.1 Å². The monoisotopic (exact) mass is 438 g/mol. The van der Waals surface area contributed by atoms with Crippen LogP contribution in [-0.4, -0.2) is 5.97 Å². The van der Waals surface area contributed by atoms with Gasteiger partial charge in [-0.3, -0.25) is 0 Å². The second-order valence-electron chi connectivity index (χ2n) is 0.939. The predicted molar refractivity (Wildman–Crippen MR) is 18.3 cm³/mol. The molecule has 58 valence electrons. The number of carboxylic acids is 1. The second-order valence-corrected chi connectivity index (χ2v) is 1.83. The second kappa shape index (κ2) is 12.3. The summed E-state index contributed by atoms with van der Waals surface area (Å²) in [7, 11) is -5.39. The van der Waals surface area contributed by atoms with Gasteiger partial charge >= 0.3 is 81.7 Å². The number of hydrogen-bond acceptors (Lipinski definition) is 6. The molecule has 0 fully saturated rings. The van der Waals surface area contributed by atoms with Gasteiger partial charge in [0.15, 0.2) is 0 Å². The smallest absolute Gasteiger partial charge is 0.822 e. The Hall–Kier alpha value is 2.28. The first-order valence-electron chi connectivity index (χ1n) is 1.64. The molecule has 11 heavy (non-hydrogen) atoms. The maximum absolute atomic E-state index is 8.89. The van der Waals surface area contributed by atoms with Crippen LogP contribution in [0.1, 0.15) is 6.92 Å². The van der Waals surface area contributed by atoms with Gasteiger partial charge in [0.2, 0.25) is 0 Å². The van der Waals surface area contributed by atoms with Gasteiger partial charge in [-0.05, 0) is 6.92 Å². The summed E-state index contributed by atoms with van der Waals surface area (Å²) >= 11 is 0. The topological polar surface area (TPSA) is 126 Å². The van der Waals surface area contributed by atoms with Crippen LogP contribution < -0.4 is 19.8 Å². The van der Waals surface area contributed by atoms with E-state index in [-0.39, 0.29) is 81.7 Å². The molecule has 9 heteroatoms. The number of carbonyl (C=O) groups excluding carboxylic acids is 1. The molecular formula is C2H3Nd2O6P+2. The van der Waals surface area contributed by atoms with Crippen molar-refractivity contribution in [1.29, 1.82) is 0 Å². The van der Waals surface area contributed by atoms with E-state index in [1.54, 1.807) is 0 Å². The molecule has 0 bridgehead atoms. The fourth-order valence-electron chi connectivity index (χ4n) is 0. The van der Waals surface area contributed by atoms with Gasteiger partial charge in [-0.2, -0.15) is 7.82 Å². The summed E-state index contributed by atoms with van der Waals surface area (Å²) in [6, 6.07) is 0. The Balaban J connectivity index is -0.0000000383. The normalized spacial score (nSPS) is 7.64. The summed E-state index contributed by atoms with van der Waals surface area (Å²) < 4.78 is 8.55. The molecule has 0 saturated heterocycles. The minimum Gasteiger partial charge on any atom is -0.822 e. The zero-order chi connectivity index (χ0) is 8.08. The first-order valence-corrected chi connectivity index (χ1v) is 3.10. The molecule has 0 aromatic carbocycles. The molecule has 0 aliphatic heterocycles. The minimum atomic E-state index is -5.39. The summed E-state index contributed by atoms with van der Waals surface area (Å²) in [4.78, 5) is 34.5. The van der Waals surface area contributed by atoms with E-state index in [1.807, 2.05) is 0 Å². The van der Waals surface area contributed by atoms with Crippen LogP contribution in [0.5, 0.6) is 0 Å². The SMILES string of the molecule is CC(=O)[O-].O=P([O-])([O-])[O-].[Nd+3].[Nd+3]. The summed E-state index contributed by atoms with van der Waals surface area (Å²) in [6.45, 7) is 0.972. The Morgan fingerprint density at radius 1 is 1.18 bits per heavy atom. The molecule has 0 spiro atoms. The molecule has 0 amide bonds. The Labute approximate surface area is 129 Å². The largest absolute Gasteiger partial charge is 3.00 e. The number of carbonyl (C=O) groups is 1. The van der Waals surface area contributed by atoms with Crippen LogP contribution >= 0.6 is 7.82 Å². The Morgan fingerprint density at radius 2 is 1.18 bits per heavy atom. The number of carboxylic acid groups (broad SMARTS) is 1. The molecule has 2 radical (unpaired) electrons. The Morgan fingerprint density at radius 3 is 1.18 bits per heavy atom. The zero-order valence-electron chi connectivity index (χ0n) is 5.40. The van der Waals surface area contributed by atoms with Gasteiger partial charge in [-0.15, -0.1) is 0 Å². The van der Waals surface area contributed by atoms with Crippen molar-refractivity contribution in [2.45, 2.75) is 6.92 Å². The third-order valence-corrected chi connectivity index (χ3v) is 0. The molecule has 0 N–H and O–H groups in total. The zero-order valence-corrected chi connectivity index (χ0v) is 12.7. The van der Waals surface area contributed by atoms with Gasteiger partial charge in [0.25, 0.3) is 0 Å². The molecule has 0 aliphatic rings. The number of phosphoric acid groups is 1. The molecular weight excluding hydrogens is 439 g/mol. The quantitative estimate of drug-likeness (QED) is 0.351. The van der Waals surface area contributed by atoms with Crippen molar-refractivity contribution < 1.29 is 111 Å². The van der Waals surface area contributed by atoms with Gasteiger partial charge in [0, 0.05) is 5.97 Å². The van der Waals surface area contributed by atoms with Gasteiger partial charge in [-0.1, -0.05) is 0 Å². The van der Waals surface area contributed by atoms with E-state index in [2.05, 4.69) is 0 Å². The molecule has 0 aliphatic carbocycles. The maximum Gasteiger partial charge on any atom is 3.00 e. The van der Waals surface area contributed by atoms with Gasteiger partial charge < -0.3 is 29.1 Å². The molecule has 0 aromatic rings. The van der Waals surface area contributed by atoms with Crippen molar-refractivity contribution in [3.8, 4) is 0 Å². The van der Waals surface area contributed by atoms with Crippen molar-refractivity contribution in [3.63, 3.8) is 0 Å². The molecule has 0 aromatic heterocycles. The van der Waals surface area contributed by atoms with Crippen LogP contribution in [0.2, 0.25) is 0 Å². The van der Waals surface area contributed by atoms with Crippen molar-refractivity contribution >= 4 is 13.8 Å². The van der Waals surface area contributed by atoms with E-state index < -0.39 is 13.8 Å². The summed E-state index contributed by atoms with van der Waals surface area (Å²) in [6.07, 6.45) is 0. The molecule has 0 heterocycles. The summed E-state index contributed by atoms with van der Waals surface area (Å²) in [5, 5.41) is 8.89. The molecule has 0 unspecified atom stereocenters. The summed E-state index contributed by atoms with van der Waals surface area (Å²) in [5.41, 5.74) is 0. The van der Waals surface area contributed by atoms with E-state index in [0.717, 1.165) is 6.92 Å². The van der Waals surface area contributed by atoms with Crippen LogP contribution in [0.25, 0.3) is 0 Å². The van der Waals surface area contributed by atoms with Crippen molar-refractivity contribution in [3.05, 3.63) is 0 Å². The van der Waals surface area contributed by atoms with E-state index >= 15 is 0 Å². The standard InChI is InChI=1S/C2H4O2.2Nd.H3O4P/c1-2(3)4;;;1-5(2,3)4/h1H3,(H,3,4);;;(H3,1,2,3,4)/q;2*+3;/p-4. The fourth-order valence-corrected chi connectivity index (χ4v) is 0. The van der Waals surface area contributed by atoms with Crippen molar-refractivity contribution in [1.82, 2.24) is 0 Å². The van der Waals surface area contributed by atoms with Gasteiger partial charge in [0.05, 0.1) is 0 Å². The van der Waals surface area contributed by atoms with Crippen LogP contribution in [0.4, 0.5) is 0 Å². The van der Waals surface area contributed by atoms with E-state index in [0.29, 0.717) is 0 Å². The van der Waals surface area contributed by atoms with Crippen LogP contribution in [0.3, 0.4) is 0 Å². The predicted octanol–water partition coefficient (Wildman–Crippen LogP) is -4.07. The third-order valence-electron chi connectivity index (χ3n) is 0. The molecule has 0 saturated carbocycles. The van der Waals surface area contributed by atoms with E-state index in [9.17, 15) is 0 Å². The van der Waals surface area contributed by atoms with E-state index in [1.165, 1.54) is 0 Å². The van der Waals surface area contributed by atoms with Gasteiger partial charge in [0.1, 0.15) is 0 Å². The van der Waals surface area contributed by atoms with Crippen LogP contribution in [0.15, 0.2) is 0 Å². The molecule has 0 rings (SSSR count). The fraction of sp³-hybridized carbons (Fsp3) is 0.500. The number of rotatable bonds is 0. The Kier molecular flexibility index (Phi) is 26.0. The average molecular weight is 442 g/mol. The first kappa shape index (κ1) is 23.3. The number of hydrogen-bond donors (Lipinski definition) is 0. The number of aliphatic carboxylic acids is 1.